The summed E-state index contributed by atoms with van der Waals surface area (Å²) in [5, 5.41) is 2.77. The molecule has 0 radical (unpaired) electrons. The first kappa shape index (κ1) is 24.4. The molecule has 2 fully saturated rings. The third-order valence-corrected chi connectivity index (χ3v) is 8.34. The summed E-state index contributed by atoms with van der Waals surface area (Å²) in [5.74, 6) is -2.63. The molecule has 186 valence electrons. The molecule has 1 saturated heterocycles. The van der Waals surface area contributed by atoms with Crippen LogP contribution in [0.2, 0.25) is 0 Å². The molecule has 3 amide bonds. The normalized spacial score (nSPS) is 24.7. The third-order valence-electron chi connectivity index (χ3n) is 7.49. The van der Waals surface area contributed by atoms with E-state index in [0.29, 0.717) is 5.69 Å². The highest BCUT2D eigenvalue weighted by molar-refractivity contribution is 9.10. The topological polar surface area (TPSA) is 92.8 Å². The number of imide groups is 1. The first-order valence-electron chi connectivity index (χ1n) is 12.1. The second-order valence-electron chi connectivity index (χ2n) is 9.82. The summed E-state index contributed by atoms with van der Waals surface area (Å²) in [6.07, 6.45) is 4.97. The van der Waals surface area contributed by atoms with Gasteiger partial charge in [-0.2, -0.15) is 0 Å². The van der Waals surface area contributed by atoms with Crippen LogP contribution in [0.3, 0.4) is 0 Å². The number of carbonyl (C=O) groups excluding carboxylic acids is 4. The van der Waals surface area contributed by atoms with Gasteiger partial charge < -0.3 is 10.1 Å². The Morgan fingerprint density at radius 3 is 2.31 bits per heavy atom. The third kappa shape index (κ3) is 4.39. The van der Waals surface area contributed by atoms with E-state index in [1.165, 1.54) is 0 Å². The van der Waals surface area contributed by atoms with Crippen molar-refractivity contribution in [2.24, 2.45) is 23.7 Å². The predicted octanol–water partition coefficient (Wildman–Crippen LogP) is 3.97. The fourth-order valence-corrected chi connectivity index (χ4v) is 6.14. The zero-order valence-corrected chi connectivity index (χ0v) is 21.7. The number of anilines is 1. The molecule has 0 unspecified atom stereocenters. The lowest BCUT2D eigenvalue weighted by Gasteiger charge is -2.26. The van der Waals surface area contributed by atoms with Crippen molar-refractivity contribution in [1.82, 2.24) is 4.90 Å². The van der Waals surface area contributed by atoms with Crippen molar-refractivity contribution in [3.63, 3.8) is 0 Å². The van der Waals surface area contributed by atoms with Crippen LogP contribution < -0.4 is 5.32 Å². The summed E-state index contributed by atoms with van der Waals surface area (Å²) in [6, 6.07) is 11.8. The van der Waals surface area contributed by atoms with Gasteiger partial charge in [-0.15, -0.1) is 0 Å². The quantitative estimate of drug-likeness (QED) is 0.320. The number of carbonyl (C=O) groups is 4. The largest absolute Gasteiger partial charge is 0.454 e. The monoisotopic (exact) mass is 550 g/mol. The molecule has 2 aromatic rings. The van der Waals surface area contributed by atoms with Crippen LogP contribution in [0.1, 0.15) is 23.1 Å². The fourth-order valence-electron chi connectivity index (χ4n) is 5.68. The molecule has 2 bridgehead atoms. The van der Waals surface area contributed by atoms with Crippen LogP contribution in [0.15, 0.2) is 59.1 Å². The number of likely N-dealkylation sites (tertiary alicyclic amines) is 1. The number of rotatable bonds is 7. The molecule has 7 nitrogen and oxygen atoms in total. The lowest BCUT2D eigenvalue weighted by atomic mass is 9.85. The minimum Gasteiger partial charge on any atom is -0.454 e. The van der Waals surface area contributed by atoms with Crippen molar-refractivity contribution in [3.05, 3.63) is 75.8 Å². The van der Waals surface area contributed by atoms with E-state index in [1.807, 2.05) is 68.5 Å². The van der Waals surface area contributed by atoms with Crippen LogP contribution in [-0.2, 0) is 30.3 Å². The van der Waals surface area contributed by atoms with Crippen molar-refractivity contribution in [2.45, 2.75) is 32.7 Å². The van der Waals surface area contributed by atoms with Gasteiger partial charge in [0.2, 0.25) is 11.8 Å². The van der Waals surface area contributed by atoms with Crippen molar-refractivity contribution in [2.75, 3.05) is 11.9 Å². The second-order valence-corrected chi connectivity index (χ2v) is 10.7. The van der Waals surface area contributed by atoms with Gasteiger partial charge in [0, 0.05) is 16.6 Å². The maximum atomic E-state index is 13.4. The average molecular weight is 551 g/mol. The number of amides is 3. The summed E-state index contributed by atoms with van der Waals surface area (Å²) in [6.45, 7) is 3.26. The van der Waals surface area contributed by atoms with Gasteiger partial charge in [0.15, 0.2) is 6.61 Å². The highest BCUT2D eigenvalue weighted by Gasteiger charge is 2.61. The van der Waals surface area contributed by atoms with E-state index in [0.717, 1.165) is 32.5 Å². The summed E-state index contributed by atoms with van der Waals surface area (Å²) < 4.78 is 6.31. The van der Waals surface area contributed by atoms with Gasteiger partial charge in [-0.3, -0.25) is 19.3 Å². The number of hydrogen-bond acceptors (Lipinski definition) is 5. The number of allylic oxidation sites excluding steroid dienone is 2. The number of nitrogens with one attached hydrogen (secondary N) is 1. The predicted molar refractivity (Wildman–Crippen MR) is 137 cm³/mol. The molecule has 1 aliphatic heterocycles. The zero-order valence-electron chi connectivity index (χ0n) is 20.1. The Hall–Kier alpha value is -3.26. The molecule has 1 saturated carbocycles. The van der Waals surface area contributed by atoms with E-state index >= 15 is 0 Å². The highest BCUT2D eigenvalue weighted by Crippen LogP contribution is 2.53. The molecule has 36 heavy (non-hydrogen) atoms. The van der Waals surface area contributed by atoms with E-state index in [4.69, 9.17) is 4.74 Å². The lowest BCUT2D eigenvalue weighted by Crippen LogP contribution is -2.48. The molecule has 1 heterocycles. The standard InChI is InChI=1S/C28H27BrN2O5/c1-15-11-21(16(2)10-20(15)29)30-23(32)14-36-28(35)22(12-17-6-4-3-5-7-17)31-26(33)24-18-8-9-19(13-18)25(24)27(31)34/h3-11,18-19,22,24-25H,12-14H2,1-2H3,(H,30,32)/t18-,19-,22-,24-,25+/m0/s1. The molecule has 0 aromatic heterocycles. The zero-order chi connectivity index (χ0) is 25.6. The van der Waals surface area contributed by atoms with Gasteiger partial charge in [-0.1, -0.05) is 58.4 Å². The summed E-state index contributed by atoms with van der Waals surface area (Å²) in [4.78, 5) is 53.7. The Morgan fingerprint density at radius 2 is 1.67 bits per heavy atom. The van der Waals surface area contributed by atoms with Crippen LogP contribution in [0.4, 0.5) is 5.69 Å². The molecular formula is C28H27BrN2O5. The summed E-state index contributed by atoms with van der Waals surface area (Å²) >= 11 is 3.46. The van der Waals surface area contributed by atoms with Crippen LogP contribution in [-0.4, -0.2) is 41.2 Å². The maximum Gasteiger partial charge on any atom is 0.330 e. The summed E-state index contributed by atoms with van der Waals surface area (Å²) in [5.41, 5.74) is 3.23. The second kappa shape index (κ2) is 9.65. The van der Waals surface area contributed by atoms with Gasteiger partial charge in [0.05, 0.1) is 11.8 Å². The van der Waals surface area contributed by atoms with Gasteiger partial charge in [0.1, 0.15) is 6.04 Å². The van der Waals surface area contributed by atoms with E-state index in [2.05, 4.69) is 21.2 Å². The van der Waals surface area contributed by atoms with E-state index in [1.54, 1.807) is 0 Å². The van der Waals surface area contributed by atoms with Gasteiger partial charge in [-0.05, 0) is 60.9 Å². The Bertz CT molecular complexity index is 1240. The lowest BCUT2D eigenvalue weighted by molar-refractivity contribution is -0.160. The minimum absolute atomic E-state index is 0.0400. The fraction of sp³-hybridized carbons (Fsp3) is 0.357. The van der Waals surface area contributed by atoms with Crippen LogP contribution in [0, 0.1) is 37.5 Å². The number of halogens is 1. The molecule has 2 aliphatic carbocycles. The number of ether oxygens (including phenoxy) is 1. The number of aryl methyl sites for hydroxylation is 2. The first-order valence-corrected chi connectivity index (χ1v) is 12.9. The van der Waals surface area contributed by atoms with Crippen LogP contribution in [0.25, 0.3) is 0 Å². The molecule has 5 rings (SSSR count). The Morgan fingerprint density at radius 1 is 1.03 bits per heavy atom. The van der Waals surface area contributed by atoms with Crippen molar-refractivity contribution >= 4 is 45.3 Å². The number of fused-ring (bicyclic) bond motifs is 5. The molecule has 3 aliphatic rings. The smallest absolute Gasteiger partial charge is 0.330 e. The number of esters is 1. The van der Waals surface area contributed by atoms with Crippen molar-refractivity contribution < 1.29 is 23.9 Å². The Balaban J connectivity index is 1.32. The SMILES string of the molecule is Cc1cc(NC(=O)COC(=O)[C@H](Cc2ccccc2)N2C(=O)[C@@H]3[C@H](C2=O)[C@H]2C=C[C@H]3C2)c(C)cc1Br. The van der Waals surface area contributed by atoms with Crippen molar-refractivity contribution in [3.8, 4) is 0 Å². The van der Waals surface area contributed by atoms with Crippen LogP contribution in [0.5, 0.6) is 0 Å². The van der Waals surface area contributed by atoms with E-state index in [9.17, 15) is 19.2 Å². The molecule has 1 N–H and O–H groups in total. The van der Waals surface area contributed by atoms with Crippen molar-refractivity contribution in [1.29, 1.82) is 0 Å². The molecular weight excluding hydrogens is 524 g/mol. The minimum atomic E-state index is -1.12. The Labute approximate surface area is 218 Å². The Kier molecular flexibility index (Phi) is 6.55. The van der Waals surface area contributed by atoms with E-state index < -0.39 is 36.4 Å². The van der Waals surface area contributed by atoms with Gasteiger partial charge in [-0.25, -0.2) is 4.79 Å². The van der Waals surface area contributed by atoms with Crippen LogP contribution >= 0.6 is 15.9 Å². The molecule has 5 atom stereocenters. The average Bonchev–Trinajstić information content (AvgIpc) is 3.54. The molecule has 2 aromatic carbocycles. The number of hydrogen-bond donors (Lipinski definition) is 1. The number of benzene rings is 2. The van der Waals surface area contributed by atoms with Gasteiger partial charge in [0.25, 0.3) is 5.91 Å². The summed E-state index contributed by atoms with van der Waals surface area (Å²) in [7, 11) is 0. The molecule has 8 heteroatoms. The molecule has 0 spiro atoms. The highest BCUT2D eigenvalue weighted by atomic mass is 79.9. The number of nitrogens with zero attached hydrogens (tertiary/aromatic N) is 1. The van der Waals surface area contributed by atoms with Gasteiger partial charge >= 0.3 is 5.97 Å². The van der Waals surface area contributed by atoms with E-state index in [-0.39, 0.29) is 30.1 Å². The first-order chi connectivity index (χ1) is 17.2. The maximum absolute atomic E-state index is 13.4.